The summed E-state index contributed by atoms with van der Waals surface area (Å²) >= 11 is 5.71. The van der Waals surface area contributed by atoms with Gasteiger partial charge < -0.3 is 4.74 Å². The average Bonchev–Trinajstić information content (AvgIpc) is 2.68. The number of benzene rings is 1. The number of hydrogen-bond acceptors (Lipinski definition) is 5. The van der Waals surface area contributed by atoms with Crippen molar-refractivity contribution in [3.63, 3.8) is 0 Å². The molecule has 0 spiro atoms. The van der Waals surface area contributed by atoms with Gasteiger partial charge in [-0.25, -0.2) is 18.2 Å². The molecule has 8 heteroatoms. The van der Waals surface area contributed by atoms with Crippen LogP contribution in [0, 0.1) is 0 Å². The molecule has 1 aromatic heterocycles. The van der Waals surface area contributed by atoms with Crippen molar-refractivity contribution in [3.8, 4) is 0 Å². The number of sulfonamides is 1. The fraction of sp³-hybridized carbons (Fsp3) is 0.333. The van der Waals surface area contributed by atoms with Gasteiger partial charge >= 0.3 is 5.97 Å². The highest BCUT2D eigenvalue weighted by Gasteiger charge is 2.26. The maximum absolute atomic E-state index is 12.7. The molecule has 1 fully saturated rings. The van der Waals surface area contributed by atoms with Crippen LogP contribution in [0.5, 0.6) is 0 Å². The third-order valence-corrected chi connectivity index (χ3v) is 6.30. The lowest BCUT2D eigenvalue weighted by molar-refractivity contribution is 0.0472. The Labute approximate surface area is 157 Å². The molecule has 0 aliphatic carbocycles. The van der Waals surface area contributed by atoms with Crippen molar-refractivity contribution in [3.05, 3.63) is 58.9 Å². The second kappa shape index (κ2) is 8.16. The Balaban J connectivity index is 1.71. The molecule has 1 aromatic carbocycles. The average molecular weight is 395 g/mol. The summed E-state index contributed by atoms with van der Waals surface area (Å²) in [4.78, 5) is 16.3. The third-order valence-electron chi connectivity index (χ3n) is 4.18. The summed E-state index contributed by atoms with van der Waals surface area (Å²) in [5.41, 5.74) is 0.893. The fourth-order valence-corrected chi connectivity index (χ4v) is 4.44. The number of rotatable bonds is 5. The van der Waals surface area contributed by atoms with E-state index in [-0.39, 0.29) is 17.1 Å². The molecule has 1 saturated heterocycles. The van der Waals surface area contributed by atoms with E-state index < -0.39 is 16.0 Å². The van der Waals surface area contributed by atoms with Gasteiger partial charge in [0, 0.05) is 24.8 Å². The van der Waals surface area contributed by atoms with Gasteiger partial charge in [-0.3, -0.25) is 0 Å². The molecule has 6 nitrogen and oxygen atoms in total. The first kappa shape index (κ1) is 18.8. The van der Waals surface area contributed by atoms with Crippen LogP contribution in [-0.2, 0) is 21.4 Å². The summed E-state index contributed by atoms with van der Waals surface area (Å²) < 4.78 is 32.2. The maximum Gasteiger partial charge on any atom is 0.338 e. The highest BCUT2D eigenvalue weighted by Crippen LogP contribution is 2.21. The van der Waals surface area contributed by atoms with Gasteiger partial charge in [-0.15, -0.1) is 0 Å². The topological polar surface area (TPSA) is 76.6 Å². The molecular weight excluding hydrogens is 376 g/mol. The first-order chi connectivity index (χ1) is 12.5. The van der Waals surface area contributed by atoms with Crippen LogP contribution in [0.1, 0.15) is 35.2 Å². The summed E-state index contributed by atoms with van der Waals surface area (Å²) in [6.07, 6.45) is 4.27. The maximum atomic E-state index is 12.7. The molecule has 3 rings (SSSR count). The number of nitrogens with zero attached hydrogens (tertiary/aromatic N) is 2. The summed E-state index contributed by atoms with van der Waals surface area (Å²) in [6, 6.07) is 9.28. The second-order valence-electron chi connectivity index (χ2n) is 6.06. The largest absolute Gasteiger partial charge is 0.457 e. The molecule has 0 saturated carbocycles. The number of esters is 1. The third kappa shape index (κ3) is 4.41. The van der Waals surface area contributed by atoms with Gasteiger partial charge in [0.25, 0.3) is 0 Å². The van der Waals surface area contributed by atoms with E-state index in [9.17, 15) is 13.2 Å². The van der Waals surface area contributed by atoms with E-state index >= 15 is 0 Å². The number of carbonyl (C=O) groups excluding carboxylic acids is 1. The smallest absolute Gasteiger partial charge is 0.338 e. The van der Waals surface area contributed by atoms with Gasteiger partial charge in [-0.2, -0.15) is 4.31 Å². The minimum absolute atomic E-state index is 0.0338. The van der Waals surface area contributed by atoms with E-state index in [1.54, 1.807) is 18.2 Å². The number of hydrogen-bond donors (Lipinski definition) is 0. The highest BCUT2D eigenvalue weighted by atomic mass is 35.5. The minimum atomic E-state index is -3.59. The van der Waals surface area contributed by atoms with Gasteiger partial charge in [0.15, 0.2) is 0 Å². The quantitative estimate of drug-likeness (QED) is 0.574. The second-order valence-corrected chi connectivity index (χ2v) is 8.38. The van der Waals surface area contributed by atoms with Gasteiger partial charge in [0.1, 0.15) is 11.8 Å². The van der Waals surface area contributed by atoms with Crippen LogP contribution in [0.3, 0.4) is 0 Å². The molecule has 0 radical (unpaired) electrons. The molecule has 26 heavy (non-hydrogen) atoms. The standard InChI is InChI=1S/C18H19ClN2O4S/c19-17-8-7-14(12-20-17)13-25-18(22)15-5-4-6-16(11-15)26(23,24)21-9-2-1-3-10-21/h4-8,11-12H,1-3,9-10,13H2. The Bertz CT molecular complexity index is 878. The molecule has 0 N–H and O–H groups in total. The summed E-state index contributed by atoms with van der Waals surface area (Å²) in [6.45, 7) is 1.06. The molecule has 2 aromatic rings. The van der Waals surface area contributed by atoms with E-state index in [4.69, 9.17) is 16.3 Å². The van der Waals surface area contributed by atoms with Crippen molar-refractivity contribution < 1.29 is 17.9 Å². The van der Waals surface area contributed by atoms with E-state index in [1.165, 1.54) is 28.7 Å². The molecule has 0 atom stereocenters. The van der Waals surface area contributed by atoms with Crippen molar-refractivity contribution >= 4 is 27.6 Å². The molecule has 0 unspecified atom stereocenters. The van der Waals surface area contributed by atoms with E-state index in [0.29, 0.717) is 23.8 Å². The zero-order valence-electron chi connectivity index (χ0n) is 14.1. The van der Waals surface area contributed by atoms with Crippen molar-refractivity contribution in [2.75, 3.05) is 13.1 Å². The van der Waals surface area contributed by atoms with Crippen molar-refractivity contribution in [1.82, 2.24) is 9.29 Å². The molecule has 0 bridgehead atoms. The predicted molar refractivity (Wildman–Crippen MR) is 97.4 cm³/mol. The number of ether oxygens (including phenoxy) is 1. The van der Waals surface area contributed by atoms with Gasteiger partial charge in [-0.1, -0.05) is 30.2 Å². The zero-order valence-corrected chi connectivity index (χ0v) is 15.7. The Hall–Kier alpha value is -1.96. The van der Waals surface area contributed by atoms with Crippen LogP contribution in [0.4, 0.5) is 0 Å². The number of piperidine rings is 1. The van der Waals surface area contributed by atoms with Crippen LogP contribution in [-0.4, -0.2) is 36.8 Å². The van der Waals surface area contributed by atoms with Crippen molar-refractivity contribution in [2.24, 2.45) is 0 Å². The van der Waals surface area contributed by atoms with Gasteiger partial charge in [0.2, 0.25) is 10.0 Å². The number of pyridine rings is 1. The van der Waals surface area contributed by atoms with Crippen LogP contribution in [0.15, 0.2) is 47.5 Å². The van der Waals surface area contributed by atoms with Crippen molar-refractivity contribution in [2.45, 2.75) is 30.8 Å². The van der Waals surface area contributed by atoms with Gasteiger partial charge in [-0.05, 0) is 37.1 Å². The van der Waals surface area contributed by atoms with Crippen molar-refractivity contribution in [1.29, 1.82) is 0 Å². The zero-order chi connectivity index (χ0) is 18.6. The molecule has 1 aliphatic heterocycles. The first-order valence-corrected chi connectivity index (χ1v) is 10.2. The minimum Gasteiger partial charge on any atom is -0.457 e. The van der Waals surface area contributed by atoms with Crippen LogP contribution in [0.2, 0.25) is 5.15 Å². The van der Waals surface area contributed by atoms with Crippen LogP contribution < -0.4 is 0 Å². The summed E-state index contributed by atoms with van der Waals surface area (Å²) in [5, 5.41) is 0.357. The summed E-state index contributed by atoms with van der Waals surface area (Å²) in [5.74, 6) is -0.587. The Kier molecular flexibility index (Phi) is 5.90. The summed E-state index contributed by atoms with van der Waals surface area (Å²) in [7, 11) is -3.59. The van der Waals surface area contributed by atoms with E-state index in [2.05, 4.69) is 4.98 Å². The van der Waals surface area contributed by atoms with Crippen LogP contribution in [0.25, 0.3) is 0 Å². The SMILES string of the molecule is O=C(OCc1ccc(Cl)nc1)c1cccc(S(=O)(=O)N2CCCCC2)c1. The monoisotopic (exact) mass is 394 g/mol. The Morgan fingerprint density at radius 1 is 1.15 bits per heavy atom. The lowest BCUT2D eigenvalue weighted by Gasteiger charge is -2.25. The van der Waals surface area contributed by atoms with Gasteiger partial charge in [0.05, 0.1) is 10.5 Å². The molecule has 0 amide bonds. The molecule has 1 aliphatic rings. The molecular formula is C18H19ClN2O4S. The Morgan fingerprint density at radius 2 is 1.92 bits per heavy atom. The normalized spacial score (nSPS) is 15.6. The first-order valence-electron chi connectivity index (χ1n) is 8.34. The highest BCUT2D eigenvalue weighted by molar-refractivity contribution is 7.89. The van der Waals surface area contributed by atoms with Crippen LogP contribution >= 0.6 is 11.6 Å². The number of aromatic nitrogens is 1. The Morgan fingerprint density at radius 3 is 2.62 bits per heavy atom. The molecule has 2 heterocycles. The lowest BCUT2D eigenvalue weighted by atomic mass is 10.2. The predicted octanol–water partition coefficient (Wildman–Crippen LogP) is 3.27. The van der Waals surface area contributed by atoms with E-state index in [0.717, 1.165) is 19.3 Å². The molecule has 138 valence electrons. The number of carbonyl (C=O) groups is 1. The van der Waals surface area contributed by atoms with E-state index in [1.807, 2.05) is 0 Å². The number of halogens is 1. The lowest BCUT2D eigenvalue weighted by Crippen LogP contribution is -2.35. The fourth-order valence-electron chi connectivity index (χ4n) is 2.76.